The molecule has 2 aliphatic heterocycles. The van der Waals surface area contributed by atoms with Gasteiger partial charge in [-0.25, -0.2) is 0 Å². The Morgan fingerprint density at radius 1 is 1.50 bits per heavy atom. The molecule has 2 heterocycles. The van der Waals surface area contributed by atoms with E-state index in [0.717, 1.165) is 39.0 Å². The highest BCUT2D eigenvalue weighted by Gasteiger charge is 2.30. The largest absolute Gasteiger partial charge is 0.373 e. The third-order valence-electron chi connectivity index (χ3n) is 3.38. The summed E-state index contributed by atoms with van der Waals surface area (Å²) >= 11 is 0. The van der Waals surface area contributed by atoms with Crippen LogP contribution in [0.3, 0.4) is 0 Å². The minimum atomic E-state index is 0. The van der Waals surface area contributed by atoms with Crippen molar-refractivity contribution in [2.75, 3.05) is 46.9 Å². The lowest BCUT2D eigenvalue weighted by Gasteiger charge is -2.35. The van der Waals surface area contributed by atoms with Gasteiger partial charge in [-0.2, -0.15) is 0 Å². The highest BCUT2D eigenvalue weighted by Crippen LogP contribution is 2.12. The van der Waals surface area contributed by atoms with Crippen molar-refractivity contribution in [3.63, 3.8) is 0 Å². The van der Waals surface area contributed by atoms with Crippen molar-refractivity contribution in [1.82, 2.24) is 15.1 Å². The summed E-state index contributed by atoms with van der Waals surface area (Å²) in [5.41, 5.74) is 0. The van der Waals surface area contributed by atoms with E-state index in [-0.39, 0.29) is 30.5 Å². The predicted molar refractivity (Wildman–Crippen MR) is 73.1 cm³/mol. The van der Waals surface area contributed by atoms with Crippen molar-refractivity contribution in [3.05, 3.63) is 0 Å². The first-order valence-electron chi connectivity index (χ1n) is 6.45. The Bertz CT molecular complexity index is 270. The van der Waals surface area contributed by atoms with Gasteiger partial charge in [0.2, 0.25) is 5.91 Å². The number of nitrogens with zero attached hydrogens (tertiary/aromatic N) is 2. The van der Waals surface area contributed by atoms with Gasteiger partial charge in [0.05, 0.1) is 18.8 Å². The van der Waals surface area contributed by atoms with Crippen molar-refractivity contribution in [2.45, 2.75) is 25.0 Å². The van der Waals surface area contributed by atoms with Crippen LogP contribution in [-0.4, -0.2) is 74.7 Å². The number of nitrogens with one attached hydrogen (secondary N) is 1. The number of carbonyl (C=O) groups is 1. The predicted octanol–water partition coefficient (Wildman–Crippen LogP) is -0.0508. The molecule has 0 aromatic carbocycles. The van der Waals surface area contributed by atoms with Gasteiger partial charge in [0.25, 0.3) is 0 Å². The van der Waals surface area contributed by atoms with Crippen LogP contribution in [0.2, 0.25) is 0 Å². The van der Waals surface area contributed by atoms with Gasteiger partial charge in [0.1, 0.15) is 0 Å². The molecule has 6 heteroatoms. The topological polar surface area (TPSA) is 44.8 Å². The molecule has 18 heavy (non-hydrogen) atoms. The number of likely N-dealkylation sites (N-methyl/N-ethyl adjacent to an activating group) is 1. The van der Waals surface area contributed by atoms with Gasteiger partial charge >= 0.3 is 0 Å². The van der Waals surface area contributed by atoms with Gasteiger partial charge in [0, 0.05) is 19.6 Å². The Balaban J connectivity index is 0.00000162. The lowest BCUT2D eigenvalue weighted by atomic mass is 10.1. The normalized spacial score (nSPS) is 28.3. The fraction of sp³-hybridized carbons (Fsp3) is 0.917. The smallest absolute Gasteiger partial charge is 0.239 e. The second-order valence-corrected chi connectivity index (χ2v) is 5.19. The van der Waals surface area contributed by atoms with Crippen LogP contribution in [0.1, 0.15) is 12.8 Å². The molecule has 1 amide bonds. The number of rotatable bonds is 3. The Morgan fingerprint density at radius 2 is 2.28 bits per heavy atom. The van der Waals surface area contributed by atoms with Gasteiger partial charge in [-0.05, 0) is 33.5 Å². The standard InChI is InChI=1S/C12H23N3O2.ClH/c1-14(2)8-10-9-15(6-7-17-10)12(16)11-4-3-5-13-11;/h10-11,13H,3-9H2,1-2H3;1H. The summed E-state index contributed by atoms with van der Waals surface area (Å²) < 4.78 is 5.68. The van der Waals surface area contributed by atoms with Gasteiger partial charge in [0.15, 0.2) is 0 Å². The monoisotopic (exact) mass is 277 g/mol. The first-order chi connectivity index (χ1) is 8.16. The van der Waals surface area contributed by atoms with Crippen LogP contribution in [0, 0.1) is 0 Å². The molecule has 0 aliphatic carbocycles. The maximum absolute atomic E-state index is 12.2. The molecule has 0 aromatic rings. The number of hydrogen-bond acceptors (Lipinski definition) is 4. The molecule has 0 radical (unpaired) electrons. The maximum atomic E-state index is 12.2. The van der Waals surface area contributed by atoms with Crippen molar-refractivity contribution < 1.29 is 9.53 Å². The second-order valence-electron chi connectivity index (χ2n) is 5.19. The third-order valence-corrected chi connectivity index (χ3v) is 3.38. The zero-order valence-electron chi connectivity index (χ0n) is 11.2. The molecule has 2 fully saturated rings. The first kappa shape index (κ1) is 15.7. The summed E-state index contributed by atoms with van der Waals surface area (Å²) in [6.07, 6.45) is 2.25. The Hall–Kier alpha value is -0.360. The van der Waals surface area contributed by atoms with E-state index in [1.54, 1.807) is 0 Å². The molecule has 0 bridgehead atoms. The number of carbonyl (C=O) groups excluding carboxylic acids is 1. The van der Waals surface area contributed by atoms with E-state index in [9.17, 15) is 4.79 Å². The summed E-state index contributed by atoms with van der Waals surface area (Å²) in [5.74, 6) is 0.259. The Labute approximate surface area is 115 Å². The van der Waals surface area contributed by atoms with Crippen molar-refractivity contribution in [1.29, 1.82) is 0 Å². The molecule has 0 aromatic heterocycles. The number of hydrogen-bond donors (Lipinski definition) is 1. The molecule has 1 N–H and O–H groups in total. The van der Waals surface area contributed by atoms with Crippen molar-refractivity contribution in [3.8, 4) is 0 Å². The molecule has 0 saturated carbocycles. The third kappa shape index (κ3) is 4.09. The average Bonchev–Trinajstić information content (AvgIpc) is 2.81. The molecular formula is C12H24ClN3O2. The molecule has 5 nitrogen and oxygen atoms in total. The first-order valence-corrected chi connectivity index (χ1v) is 6.45. The molecule has 2 atom stereocenters. The van der Waals surface area contributed by atoms with Crippen LogP contribution in [0.25, 0.3) is 0 Å². The summed E-state index contributed by atoms with van der Waals surface area (Å²) in [6.45, 7) is 3.98. The van der Waals surface area contributed by atoms with Crippen LogP contribution in [0.4, 0.5) is 0 Å². The highest BCUT2D eigenvalue weighted by atomic mass is 35.5. The minimum absolute atomic E-state index is 0. The maximum Gasteiger partial charge on any atom is 0.239 e. The number of morpholine rings is 1. The van der Waals surface area contributed by atoms with Crippen molar-refractivity contribution in [2.24, 2.45) is 0 Å². The number of amides is 1. The van der Waals surface area contributed by atoms with Crippen LogP contribution >= 0.6 is 12.4 Å². The van der Waals surface area contributed by atoms with Crippen molar-refractivity contribution >= 4 is 18.3 Å². The summed E-state index contributed by atoms with van der Waals surface area (Å²) in [4.78, 5) is 16.3. The molecular weight excluding hydrogens is 254 g/mol. The van der Waals surface area contributed by atoms with Gasteiger partial charge in [-0.1, -0.05) is 0 Å². The Morgan fingerprint density at radius 3 is 2.89 bits per heavy atom. The fourth-order valence-corrected chi connectivity index (χ4v) is 2.55. The van der Waals surface area contributed by atoms with E-state index in [1.165, 1.54) is 0 Å². The van der Waals surface area contributed by atoms with E-state index < -0.39 is 0 Å². The molecule has 0 spiro atoms. The van der Waals surface area contributed by atoms with Gasteiger partial charge in [-0.3, -0.25) is 4.79 Å². The summed E-state index contributed by atoms with van der Waals surface area (Å²) in [6, 6.07) is 0.0492. The number of ether oxygens (including phenoxy) is 1. The van der Waals surface area contributed by atoms with Crippen LogP contribution in [0.5, 0.6) is 0 Å². The van der Waals surface area contributed by atoms with Crippen LogP contribution < -0.4 is 5.32 Å². The zero-order chi connectivity index (χ0) is 12.3. The minimum Gasteiger partial charge on any atom is -0.373 e. The van der Waals surface area contributed by atoms with E-state index in [2.05, 4.69) is 10.2 Å². The molecule has 2 aliphatic rings. The summed E-state index contributed by atoms with van der Waals surface area (Å²) in [5, 5.41) is 3.27. The van der Waals surface area contributed by atoms with E-state index in [1.807, 2.05) is 19.0 Å². The lowest BCUT2D eigenvalue weighted by molar-refractivity contribution is -0.141. The quantitative estimate of drug-likeness (QED) is 0.786. The van der Waals surface area contributed by atoms with Gasteiger partial charge in [-0.15, -0.1) is 12.4 Å². The average molecular weight is 278 g/mol. The second kappa shape index (κ2) is 7.28. The molecule has 2 saturated heterocycles. The lowest BCUT2D eigenvalue weighted by Crippen LogP contribution is -2.53. The number of halogens is 1. The molecule has 2 rings (SSSR count). The summed E-state index contributed by atoms with van der Waals surface area (Å²) in [7, 11) is 4.06. The Kier molecular flexibility index (Phi) is 6.35. The highest BCUT2D eigenvalue weighted by molar-refractivity contribution is 5.85. The zero-order valence-corrected chi connectivity index (χ0v) is 12.0. The van der Waals surface area contributed by atoms with E-state index in [0.29, 0.717) is 6.61 Å². The van der Waals surface area contributed by atoms with Crippen LogP contribution in [-0.2, 0) is 9.53 Å². The molecule has 2 unspecified atom stereocenters. The van der Waals surface area contributed by atoms with Gasteiger partial charge < -0.3 is 19.9 Å². The van der Waals surface area contributed by atoms with E-state index in [4.69, 9.17) is 4.74 Å². The van der Waals surface area contributed by atoms with E-state index >= 15 is 0 Å². The SMILES string of the molecule is CN(C)CC1CN(C(=O)C2CCCN2)CCO1.Cl. The molecule has 106 valence electrons. The fourth-order valence-electron chi connectivity index (χ4n) is 2.55. The van der Waals surface area contributed by atoms with Crippen LogP contribution in [0.15, 0.2) is 0 Å².